The Morgan fingerprint density at radius 2 is 2.06 bits per heavy atom. The number of carbonyl (C=O) groups excluding carboxylic acids is 1. The predicted molar refractivity (Wildman–Crippen MR) is 65.5 cm³/mol. The molecule has 1 aromatic rings. The van der Waals surface area contributed by atoms with Gasteiger partial charge in [0, 0.05) is 22.1 Å². The van der Waals surface area contributed by atoms with Gasteiger partial charge in [-0.1, -0.05) is 15.9 Å². The maximum atomic E-state index is 12.2. The zero-order valence-corrected chi connectivity index (χ0v) is 10.4. The van der Waals surface area contributed by atoms with Crippen LogP contribution in [0.4, 0.5) is 5.69 Å². The lowest BCUT2D eigenvalue weighted by atomic mass is 10.0. The number of anilines is 1. The Balaban J connectivity index is 1.89. The number of hydrogen-bond donors (Lipinski definition) is 0. The van der Waals surface area contributed by atoms with Crippen molar-refractivity contribution >= 4 is 27.5 Å². The molecule has 0 bridgehead atoms. The number of nitrogens with zero attached hydrogens (tertiary/aromatic N) is 1. The second-order valence-electron chi connectivity index (χ2n) is 5.09. The molecule has 0 saturated heterocycles. The zero-order chi connectivity index (χ0) is 10.9. The van der Waals surface area contributed by atoms with Gasteiger partial charge in [0.1, 0.15) is 0 Å². The minimum Gasteiger partial charge on any atom is -0.309 e. The summed E-state index contributed by atoms with van der Waals surface area (Å²) in [7, 11) is 0. The van der Waals surface area contributed by atoms with E-state index < -0.39 is 0 Å². The maximum absolute atomic E-state index is 12.2. The lowest BCUT2D eigenvalue weighted by Crippen LogP contribution is -2.37. The average molecular weight is 278 g/mol. The van der Waals surface area contributed by atoms with Crippen molar-refractivity contribution in [3.8, 4) is 0 Å². The Bertz CT molecular complexity index is 495. The molecule has 1 amide bonds. The highest BCUT2D eigenvalue weighted by molar-refractivity contribution is 9.10. The molecule has 0 spiro atoms. The number of carbonyl (C=O) groups is 1. The monoisotopic (exact) mass is 277 g/mol. The van der Waals surface area contributed by atoms with Crippen molar-refractivity contribution in [3.05, 3.63) is 28.2 Å². The van der Waals surface area contributed by atoms with E-state index in [1.165, 1.54) is 24.1 Å². The van der Waals surface area contributed by atoms with Crippen LogP contribution in [0, 0.1) is 5.92 Å². The Morgan fingerprint density at radius 1 is 1.25 bits per heavy atom. The first-order valence-corrected chi connectivity index (χ1v) is 6.67. The van der Waals surface area contributed by atoms with E-state index in [2.05, 4.69) is 33.0 Å². The van der Waals surface area contributed by atoms with Crippen molar-refractivity contribution in [2.75, 3.05) is 4.90 Å². The minimum atomic E-state index is 0.294. The molecule has 0 N–H and O–H groups in total. The number of fused-ring (bicyclic) bond motifs is 3. The summed E-state index contributed by atoms with van der Waals surface area (Å²) in [6, 6.07) is 6.84. The van der Waals surface area contributed by atoms with Gasteiger partial charge in [0.2, 0.25) is 5.91 Å². The quantitative estimate of drug-likeness (QED) is 0.773. The van der Waals surface area contributed by atoms with E-state index in [4.69, 9.17) is 0 Å². The van der Waals surface area contributed by atoms with Crippen LogP contribution in [0.2, 0.25) is 0 Å². The molecule has 2 unspecified atom stereocenters. The Kier molecular flexibility index (Phi) is 1.67. The highest BCUT2D eigenvalue weighted by atomic mass is 79.9. The van der Waals surface area contributed by atoms with Crippen LogP contribution in [-0.4, -0.2) is 11.9 Å². The third kappa shape index (κ3) is 1.15. The van der Waals surface area contributed by atoms with Gasteiger partial charge < -0.3 is 4.90 Å². The van der Waals surface area contributed by atoms with Crippen LogP contribution in [0.3, 0.4) is 0 Å². The van der Waals surface area contributed by atoms with E-state index in [0.717, 1.165) is 10.9 Å². The van der Waals surface area contributed by atoms with Crippen LogP contribution >= 0.6 is 15.9 Å². The molecule has 1 aliphatic heterocycles. The molecule has 4 rings (SSSR count). The molecule has 1 heterocycles. The molecule has 2 fully saturated rings. The van der Waals surface area contributed by atoms with Crippen molar-refractivity contribution in [1.82, 2.24) is 0 Å². The smallest absolute Gasteiger partial charge is 0.231 e. The van der Waals surface area contributed by atoms with Gasteiger partial charge in [-0.2, -0.15) is 0 Å². The molecule has 0 radical (unpaired) electrons. The van der Waals surface area contributed by atoms with Gasteiger partial charge >= 0.3 is 0 Å². The molecule has 1 aromatic carbocycles. The van der Waals surface area contributed by atoms with Crippen LogP contribution in [0.1, 0.15) is 30.7 Å². The molecule has 3 aliphatic rings. The molecule has 2 saturated carbocycles. The molecule has 2 atom stereocenters. The van der Waals surface area contributed by atoms with E-state index in [1.54, 1.807) is 0 Å². The fourth-order valence-corrected chi connectivity index (χ4v) is 3.24. The summed E-state index contributed by atoms with van der Waals surface area (Å²) in [5, 5.41) is 0. The average Bonchev–Trinajstić information content (AvgIpc) is 3.13. The molecule has 2 aliphatic carbocycles. The summed E-state index contributed by atoms with van der Waals surface area (Å²) in [6.45, 7) is 0. The number of halogens is 1. The summed E-state index contributed by atoms with van der Waals surface area (Å²) in [5.41, 5.74) is 2.56. The summed E-state index contributed by atoms with van der Waals surface area (Å²) in [5.74, 6) is 1.18. The van der Waals surface area contributed by atoms with Crippen molar-refractivity contribution in [3.63, 3.8) is 0 Å². The van der Waals surface area contributed by atoms with E-state index in [1.807, 2.05) is 6.07 Å². The van der Waals surface area contributed by atoms with Crippen LogP contribution in [0.5, 0.6) is 0 Å². The van der Waals surface area contributed by atoms with Gasteiger partial charge in [-0.25, -0.2) is 0 Å². The Labute approximate surface area is 103 Å². The number of rotatable bonds is 1. The largest absolute Gasteiger partial charge is 0.309 e. The maximum Gasteiger partial charge on any atom is 0.231 e. The van der Waals surface area contributed by atoms with Gasteiger partial charge in [-0.15, -0.1) is 0 Å². The van der Waals surface area contributed by atoms with Gasteiger partial charge in [-0.05, 0) is 48.9 Å². The van der Waals surface area contributed by atoms with Gasteiger partial charge in [0.15, 0.2) is 0 Å². The molecule has 2 nitrogen and oxygen atoms in total. The van der Waals surface area contributed by atoms with Gasteiger partial charge in [0.05, 0.1) is 0 Å². The third-order valence-electron chi connectivity index (χ3n) is 3.91. The summed E-state index contributed by atoms with van der Waals surface area (Å²) in [6.07, 6.45) is 3.42. The molecule has 0 aromatic heterocycles. The van der Waals surface area contributed by atoms with Crippen LogP contribution in [0.15, 0.2) is 22.7 Å². The van der Waals surface area contributed by atoms with E-state index >= 15 is 0 Å². The van der Waals surface area contributed by atoms with Crippen molar-refractivity contribution in [1.29, 1.82) is 0 Å². The predicted octanol–water partition coefficient (Wildman–Crippen LogP) is 3.06. The molecule has 3 heteroatoms. The van der Waals surface area contributed by atoms with E-state index in [-0.39, 0.29) is 0 Å². The molecular weight excluding hydrogens is 266 g/mol. The second-order valence-corrected chi connectivity index (χ2v) is 6.01. The number of benzene rings is 1. The van der Waals surface area contributed by atoms with Crippen LogP contribution in [-0.2, 0) is 4.79 Å². The first kappa shape index (κ1) is 9.23. The molecule has 82 valence electrons. The fourth-order valence-electron chi connectivity index (χ4n) is 2.86. The third-order valence-corrected chi connectivity index (χ3v) is 4.40. The lowest BCUT2D eigenvalue weighted by Gasteiger charge is -2.29. The van der Waals surface area contributed by atoms with Crippen molar-refractivity contribution < 1.29 is 4.79 Å². The highest BCUT2D eigenvalue weighted by Gasteiger charge is 2.53. The van der Waals surface area contributed by atoms with Gasteiger partial charge in [-0.3, -0.25) is 4.79 Å². The topological polar surface area (TPSA) is 20.3 Å². The standard InChI is InChI=1S/C13H12BrNO/c14-7-1-4-12-10(5-7)9-6-11(9)13(16)15(12)8-2-3-8/h1,4-5,8-9,11H,2-3,6H2. The SMILES string of the molecule is O=C1C2CC2c2cc(Br)ccc2N1C1CC1. The fraction of sp³-hybridized carbons (Fsp3) is 0.462. The highest BCUT2D eigenvalue weighted by Crippen LogP contribution is 2.57. The summed E-state index contributed by atoms with van der Waals surface area (Å²) < 4.78 is 1.13. The normalized spacial score (nSPS) is 31.1. The first-order valence-electron chi connectivity index (χ1n) is 5.88. The minimum absolute atomic E-state index is 0.294. The van der Waals surface area contributed by atoms with E-state index in [9.17, 15) is 4.79 Å². The number of hydrogen-bond acceptors (Lipinski definition) is 1. The summed E-state index contributed by atoms with van der Waals surface area (Å²) >= 11 is 3.52. The van der Waals surface area contributed by atoms with Crippen LogP contribution < -0.4 is 4.90 Å². The Morgan fingerprint density at radius 3 is 2.81 bits per heavy atom. The van der Waals surface area contributed by atoms with E-state index in [0.29, 0.717) is 23.8 Å². The molecule has 16 heavy (non-hydrogen) atoms. The second kappa shape index (κ2) is 2.89. The zero-order valence-electron chi connectivity index (χ0n) is 8.82. The molecular formula is C13H12BrNO. The van der Waals surface area contributed by atoms with Gasteiger partial charge in [0.25, 0.3) is 0 Å². The number of amides is 1. The lowest BCUT2D eigenvalue weighted by molar-refractivity contribution is -0.120. The summed E-state index contributed by atoms with van der Waals surface area (Å²) in [4.78, 5) is 14.3. The van der Waals surface area contributed by atoms with Crippen molar-refractivity contribution in [2.45, 2.75) is 31.2 Å². The van der Waals surface area contributed by atoms with Crippen LogP contribution in [0.25, 0.3) is 0 Å². The Hall–Kier alpha value is -0.830. The van der Waals surface area contributed by atoms with Crippen molar-refractivity contribution in [2.24, 2.45) is 5.92 Å². The first-order chi connectivity index (χ1) is 7.75.